The third-order valence-electron chi connectivity index (χ3n) is 5.49. The van der Waals surface area contributed by atoms with Crippen LogP contribution in [-0.2, 0) is 16.0 Å². The molecule has 1 atom stereocenters. The standard InChI is InChI=1S/C28H24N2O4/c1-34-27(32)25(18-19-11-12-20-7-5-6-10-23(20)17-19)30-28(33)29-24-15-13-22(14-16-24)26(31)21-8-3-2-4-9-21/h2-17,25H,18H2,1H3,(H2,29,30,33)/t25-/m1/s1. The Balaban J connectivity index is 1.41. The molecule has 0 saturated carbocycles. The molecule has 0 bridgehead atoms. The number of nitrogens with one attached hydrogen (secondary N) is 2. The summed E-state index contributed by atoms with van der Waals surface area (Å²) in [7, 11) is 1.29. The van der Waals surface area contributed by atoms with E-state index in [4.69, 9.17) is 4.74 Å². The molecule has 2 amide bonds. The summed E-state index contributed by atoms with van der Waals surface area (Å²) in [6, 6.07) is 28.0. The van der Waals surface area contributed by atoms with E-state index in [1.165, 1.54) is 7.11 Å². The van der Waals surface area contributed by atoms with E-state index in [0.29, 0.717) is 16.8 Å². The van der Waals surface area contributed by atoms with Crippen molar-refractivity contribution in [2.75, 3.05) is 12.4 Å². The van der Waals surface area contributed by atoms with Gasteiger partial charge in [-0.15, -0.1) is 0 Å². The molecule has 4 aromatic carbocycles. The highest BCUT2D eigenvalue weighted by atomic mass is 16.5. The lowest BCUT2D eigenvalue weighted by molar-refractivity contribution is -0.142. The molecule has 34 heavy (non-hydrogen) atoms. The van der Waals surface area contributed by atoms with E-state index in [1.54, 1.807) is 36.4 Å². The van der Waals surface area contributed by atoms with Crippen molar-refractivity contribution in [1.82, 2.24) is 5.32 Å². The van der Waals surface area contributed by atoms with Gasteiger partial charge in [-0.05, 0) is 40.6 Å². The van der Waals surface area contributed by atoms with Crippen LogP contribution in [0.2, 0.25) is 0 Å². The summed E-state index contributed by atoms with van der Waals surface area (Å²) in [5, 5.41) is 7.54. The highest BCUT2D eigenvalue weighted by Gasteiger charge is 2.22. The van der Waals surface area contributed by atoms with Gasteiger partial charge < -0.3 is 15.4 Å². The van der Waals surface area contributed by atoms with E-state index in [9.17, 15) is 14.4 Å². The van der Waals surface area contributed by atoms with Crippen LogP contribution in [0.25, 0.3) is 10.8 Å². The van der Waals surface area contributed by atoms with Gasteiger partial charge >= 0.3 is 12.0 Å². The van der Waals surface area contributed by atoms with Gasteiger partial charge in [-0.1, -0.05) is 72.8 Å². The lowest BCUT2D eigenvalue weighted by atomic mass is 10.0. The molecule has 6 nitrogen and oxygen atoms in total. The maximum absolute atomic E-state index is 12.6. The topological polar surface area (TPSA) is 84.5 Å². The summed E-state index contributed by atoms with van der Waals surface area (Å²) >= 11 is 0. The maximum atomic E-state index is 12.6. The summed E-state index contributed by atoms with van der Waals surface area (Å²) in [4.78, 5) is 37.4. The van der Waals surface area contributed by atoms with Crippen LogP contribution in [0.5, 0.6) is 0 Å². The number of hydrogen-bond acceptors (Lipinski definition) is 4. The average molecular weight is 453 g/mol. The second-order valence-corrected chi connectivity index (χ2v) is 7.83. The SMILES string of the molecule is COC(=O)[C@@H](Cc1ccc2ccccc2c1)NC(=O)Nc1ccc(C(=O)c2ccccc2)cc1. The minimum absolute atomic E-state index is 0.0993. The third-order valence-corrected chi connectivity index (χ3v) is 5.49. The fourth-order valence-electron chi connectivity index (χ4n) is 3.72. The summed E-state index contributed by atoms with van der Waals surface area (Å²) < 4.78 is 4.89. The second kappa shape index (κ2) is 10.4. The van der Waals surface area contributed by atoms with Crippen molar-refractivity contribution in [2.45, 2.75) is 12.5 Å². The Bertz CT molecular complexity index is 1320. The molecule has 0 aromatic heterocycles. The molecular formula is C28H24N2O4. The average Bonchev–Trinajstić information content (AvgIpc) is 2.88. The molecule has 0 saturated heterocycles. The lowest BCUT2D eigenvalue weighted by Gasteiger charge is -2.17. The first-order valence-electron chi connectivity index (χ1n) is 10.9. The number of hydrogen-bond donors (Lipinski definition) is 2. The Labute approximate surface area is 197 Å². The first-order valence-corrected chi connectivity index (χ1v) is 10.9. The smallest absolute Gasteiger partial charge is 0.328 e. The van der Waals surface area contributed by atoms with Gasteiger partial charge in [-0.2, -0.15) is 0 Å². The van der Waals surface area contributed by atoms with Crippen LogP contribution >= 0.6 is 0 Å². The van der Waals surface area contributed by atoms with Gasteiger partial charge in [0.1, 0.15) is 6.04 Å². The molecule has 0 radical (unpaired) electrons. The van der Waals surface area contributed by atoms with Crippen LogP contribution in [0.3, 0.4) is 0 Å². The zero-order valence-corrected chi connectivity index (χ0v) is 18.7. The van der Waals surface area contributed by atoms with E-state index in [-0.39, 0.29) is 12.2 Å². The molecular weight excluding hydrogens is 428 g/mol. The van der Waals surface area contributed by atoms with Gasteiger partial charge in [0.05, 0.1) is 7.11 Å². The Kier molecular flexibility index (Phi) is 6.98. The Morgan fingerprint density at radius 1 is 0.765 bits per heavy atom. The first-order chi connectivity index (χ1) is 16.5. The zero-order valence-electron chi connectivity index (χ0n) is 18.7. The molecule has 0 spiro atoms. The highest BCUT2D eigenvalue weighted by Crippen LogP contribution is 2.18. The second-order valence-electron chi connectivity index (χ2n) is 7.83. The van der Waals surface area contributed by atoms with Gasteiger partial charge in [-0.3, -0.25) is 4.79 Å². The van der Waals surface area contributed by atoms with E-state index in [0.717, 1.165) is 16.3 Å². The van der Waals surface area contributed by atoms with Crippen molar-refractivity contribution >= 4 is 34.2 Å². The zero-order chi connectivity index (χ0) is 23.9. The van der Waals surface area contributed by atoms with E-state index in [1.807, 2.05) is 60.7 Å². The Morgan fingerprint density at radius 3 is 2.12 bits per heavy atom. The third kappa shape index (κ3) is 5.48. The van der Waals surface area contributed by atoms with Gasteiger partial charge in [0.25, 0.3) is 0 Å². The highest BCUT2D eigenvalue weighted by molar-refractivity contribution is 6.09. The summed E-state index contributed by atoms with van der Waals surface area (Å²) in [6.07, 6.45) is 0.287. The molecule has 0 aliphatic carbocycles. The van der Waals surface area contributed by atoms with Gasteiger partial charge in [0, 0.05) is 23.2 Å². The predicted octanol–water partition coefficient (Wildman–Crippen LogP) is 4.98. The number of carbonyl (C=O) groups is 3. The number of fused-ring (bicyclic) bond motifs is 1. The number of amides is 2. The number of benzene rings is 4. The van der Waals surface area contributed by atoms with E-state index >= 15 is 0 Å². The van der Waals surface area contributed by atoms with Crippen LogP contribution in [-0.4, -0.2) is 30.9 Å². The molecule has 4 aromatic rings. The van der Waals surface area contributed by atoms with Crippen molar-refractivity contribution in [3.8, 4) is 0 Å². The van der Waals surface area contributed by atoms with Crippen LogP contribution in [0.1, 0.15) is 21.5 Å². The predicted molar refractivity (Wildman–Crippen MR) is 132 cm³/mol. The van der Waals surface area contributed by atoms with Crippen LogP contribution in [0.15, 0.2) is 97.1 Å². The van der Waals surface area contributed by atoms with Crippen LogP contribution in [0.4, 0.5) is 10.5 Å². The summed E-state index contributed by atoms with van der Waals surface area (Å²) in [5.41, 5.74) is 2.51. The van der Waals surface area contributed by atoms with Crippen molar-refractivity contribution in [3.05, 3.63) is 114 Å². The van der Waals surface area contributed by atoms with Crippen LogP contribution in [0, 0.1) is 0 Å². The molecule has 0 aliphatic heterocycles. The number of ketones is 1. The monoisotopic (exact) mass is 452 g/mol. The summed E-state index contributed by atoms with van der Waals surface area (Å²) in [5.74, 6) is -0.634. The number of anilines is 1. The molecule has 4 rings (SSSR count). The number of esters is 1. The number of methoxy groups -OCH3 is 1. The fraction of sp³-hybridized carbons (Fsp3) is 0.107. The van der Waals surface area contributed by atoms with Gasteiger partial charge in [-0.25, -0.2) is 9.59 Å². The minimum atomic E-state index is -0.856. The Hall–Kier alpha value is -4.45. The quantitative estimate of drug-likeness (QED) is 0.306. The normalized spacial score (nSPS) is 11.4. The molecule has 170 valence electrons. The molecule has 2 N–H and O–H groups in total. The molecule has 6 heteroatoms. The van der Waals surface area contributed by atoms with Crippen molar-refractivity contribution in [3.63, 3.8) is 0 Å². The van der Waals surface area contributed by atoms with Crippen molar-refractivity contribution < 1.29 is 19.1 Å². The summed E-state index contributed by atoms with van der Waals surface area (Å²) in [6.45, 7) is 0. The number of carbonyl (C=O) groups excluding carboxylic acids is 3. The molecule has 0 fully saturated rings. The van der Waals surface area contributed by atoms with E-state index in [2.05, 4.69) is 10.6 Å². The first kappa shape index (κ1) is 22.7. The Morgan fingerprint density at radius 2 is 1.41 bits per heavy atom. The lowest BCUT2D eigenvalue weighted by Crippen LogP contribution is -2.45. The van der Waals surface area contributed by atoms with Gasteiger partial charge in [0.15, 0.2) is 5.78 Å². The number of rotatable bonds is 7. The maximum Gasteiger partial charge on any atom is 0.328 e. The van der Waals surface area contributed by atoms with Gasteiger partial charge in [0.2, 0.25) is 0 Å². The minimum Gasteiger partial charge on any atom is -0.467 e. The van der Waals surface area contributed by atoms with Crippen molar-refractivity contribution in [2.24, 2.45) is 0 Å². The largest absolute Gasteiger partial charge is 0.467 e. The molecule has 0 aliphatic rings. The molecule has 0 heterocycles. The molecule has 0 unspecified atom stereocenters. The number of ether oxygens (including phenoxy) is 1. The van der Waals surface area contributed by atoms with E-state index < -0.39 is 18.0 Å². The fourth-order valence-corrected chi connectivity index (χ4v) is 3.72. The van der Waals surface area contributed by atoms with Crippen LogP contribution < -0.4 is 10.6 Å². The van der Waals surface area contributed by atoms with Crippen molar-refractivity contribution in [1.29, 1.82) is 0 Å². The number of urea groups is 1.